The summed E-state index contributed by atoms with van der Waals surface area (Å²) in [6.07, 6.45) is 9.77. The van der Waals surface area contributed by atoms with Crippen molar-refractivity contribution in [1.82, 2.24) is 0 Å². The topological polar surface area (TPSA) is 17.1 Å². The molecule has 0 amide bonds. The fourth-order valence-electron chi connectivity index (χ4n) is 5.63. The second-order valence-corrected chi connectivity index (χ2v) is 9.32. The van der Waals surface area contributed by atoms with Crippen LogP contribution in [0.4, 0.5) is 0 Å². The van der Waals surface area contributed by atoms with Gasteiger partial charge in [-0.15, -0.1) is 11.3 Å². The van der Waals surface area contributed by atoms with Crippen LogP contribution in [0, 0.1) is 23.2 Å². The summed E-state index contributed by atoms with van der Waals surface area (Å²) in [7, 11) is 0. The van der Waals surface area contributed by atoms with E-state index >= 15 is 0 Å². The van der Waals surface area contributed by atoms with Crippen molar-refractivity contribution in [3.63, 3.8) is 0 Å². The lowest BCUT2D eigenvalue weighted by molar-refractivity contribution is -0.126. The predicted molar refractivity (Wildman–Crippen MR) is 83.3 cm³/mol. The van der Waals surface area contributed by atoms with Crippen molar-refractivity contribution in [2.75, 3.05) is 0 Å². The van der Waals surface area contributed by atoms with Crippen LogP contribution in [0.3, 0.4) is 0 Å². The maximum Gasteiger partial charge on any atom is 0.138 e. The van der Waals surface area contributed by atoms with E-state index in [1.165, 1.54) is 38.5 Å². The monoisotopic (exact) mass is 308 g/mol. The molecule has 1 aromatic rings. The van der Waals surface area contributed by atoms with Crippen LogP contribution in [0.15, 0.2) is 12.1 Å². The minimum Gasteiger partial charge on any atom is -0.299 e. The van der Waals surface area contributed by atoms with Crippen molar-refractivity contribution < 1.29 is 4.79 Å². The average molecular weight is 309 g/mol. The summed E-state index contributed by atoms with van der Waals surface area (Å²) in [4.78, 5) is 13.6. The van der Waals surface area contributed by atoms with Crippen LogP contribution in [0.5, 0.6) is 0 Å². The smallest absolute Gasteiger partial charge is 0.138 e. The third-order valence-electron chi connectivity index (χ3n) is 5.74. The van der Waals surface area contributed by atoms with Crippen molar-refractivity contribution in [3.05, 3.63) is 21.3 Å². The first-order valence-electron chi connectivity index (χ1n) is 7.86. The Hall–Kier alpha value is -0.340. The molecular weight excluding hydrogens is 288 g/mol. The number of ketones is 1. The van der Waals surface area contributed by atoms with Crippen LogP contribution < -0.4 is 0 Å². The van der Waals surface area contributed by atoms with Crippen LogP contribution in [-0.4, -0.2) is 5.78 Å². The summed E-state index contributed by atoms with van der Waals surface area (Å²) >= 11 is 7.50. The Morgan fingerprint density at radius 3 is 2.25 bits per heavy atom. The van der Waals surface area contributed by atoms with E-state index in [4.69, 9.17) is 11.6 Å². The second-order valence-electron chi connectivity index (χ2n) is 7.52. The van der Waals surface area contributed by atoms with E-state index in [2.05, 4.69) is 0 Å². The molecule has 4 aliphatic carbocycles. The van der Waals surface area contributed by atoms with Crippen LogP contribution in [0.25, 0.3) is 0 Å². The van der Waals surface area contributed by atoms with Gasteiger partial charge in [-0.3, -0.25) is 4.79 Å². The standard InChI is InChI=1S/C17H21ClOS/c18-16-2-1-15(20-16)6-14(19)10-17-7-11-3-12(8-17)5-13(4-11)9-17/h1-2,11-13H,3-10H2. The number of hydrogen-bond acceptors (Lipinski definition) is 2. The molecule has 1 aromatic heterocycles. The lowest BCUT2D eigenvalue weighted by Crippen LogP contribution is -2.47. The van der Waals surface area contributed by atoms with Gasteiger partial charge in [0.25, 0.3) is 0 Å². The molecule has 3 heteroatoms. The Kier molecular flexibility index (Phi) is 3.23. The molecule has 4 bridgehead atoms. The van der Waals surface area contributed by atoms with E-state index in [1.807, 2.05) is 12.1 Å². The zero-order valence-corrected chi connectivity index (χ0v) is 13.3. The lowest BCUT2D eigenvalue weighted by Gasteiger charge is -2.56. The molecule has 1 heterocycles. The third-order valence-corrected chi connectivity index (χ3v) is 6.97. The van der Waals surface area contributed by atoms with Crippen molar-refractivity contribution in [2.45, 2.75) is 51.4 Å². The number of carbonyl (C=O) groups excluding carboxylic acids is 1. The van der Waals surface area contributed by atoms with Gasteiger partial charge in [0, 0.05) is 17.7 Å². The van der Waals surface area contributed by atoms with Crippen molar-refractivity contribution in [3.8, 4) is 0 Å². The fraction of sp³-hybridized carbons (Fsp3) is 0.706. The van der Waals surface area contributed by atoms with Gasteiger partial charge >= 0.3 is 0 Å². The Morgan fingerprint density at radius 2 is 1.75 bits per heavy atom. The summed E-state index contributed by atoms with van der Waals surface area (Å²) in [6.45, 7) is 0. The average Bonchev–Trinajstić information content (AvgIpc) is 2.71. The van der Waals surface area contributed by atoms with Crippen molar-refractivity contribution in [1.29, 1.82) is 0 Å². The summed E-state index contributed by atoms with van der Waals surface area (Å²) in [5.74, 6) is 3.24. The molecule has 4 fully saturated rings. The van der Waals surface area contributed by atoms with Gasteiger partial charge in [0.05, 0.1) is 4.34 Å². The van der Waals surface area contributed by atoms with Crippen LogP contribution in [-0.2, 0) is 11.2 Å². The molecule has 0 saturated heterocycles. The highest BCUT2D eigenvalue weighted by Crippen LogP contribution is 2.61. The van der Waals surface area contributed by atoms with Gasteiger partial charge in [0.15, 0.2) is 0 Å². The zero-order valence-electron chi connectivity index (χ0n) is 11.7. The fourth-order valence-corrected chi connectivity index (χ4v) is 6.74. The van der Waals surface area contributed by atoms with Gasteiger partial charge in [-0.05, 0) is 73.8 Å². The molecule has 0 atom stereocenters. The highest BCUT2D eigenvalue weighted by atomic mass is 35.5. The largest absolute Gasteiger partial charge is 0.299 e. The van der Waals surface area contributed by atoms with Crippen LogP contribution >= 0.6 is 22.9 Å². The van der Waals surface area contributed by atoms with E-state index in [-0.39, 0.29) is 0 Å². The van der Waals surface area contributed by atoms with Crippen LogP contribution in [0.2, 0.25) is 4.34 Å². The number of rotatable bonds is 4. The number of carbonyl (C=O) groups is 1. The Morgan fingerprint density at radius 1 is 1.15 bits per heavy atom. The van der Waals surface area contributed by atoms with E-state index in [9.17, 15) is 4.79 Å². The molecule has 108 valence electrons. The highest BCUT2D eigenvalue weighted by Gasteiger charge is 2.51. The maximum atomic E-state index is 12.5. The molecule has 0 aliphatic heterocycles. The predicted octanol–water partition coefficient (Wildman–Crippen LogP) is 5.12. The zero-order chi connectivity index (χ0) is 13.7. The lowest BCUT2D eigenvalue weighted by atomic mass is 9.48. The van der Waals surface area contributed by atoms with E-state index < -0.39 is 0 Å². The Bertz CT molecular complexity index is 498. The quantitative estimate of drug-likeness (QED) is 0.754. The molecule has 0 radical (unpaired) electrons. The van der Waals surface area contributed by atoms with Gasteiger partial charge in [-0.1, -0.05) is 11.6 Å². The molecule has 0 aromatic carbocycles. The summed E-state index contributed by atoms with van der Waals surface area (Å²) in [6, 6.07) is 3.91. The van der Waals surface area contributed by atoms with E-state index in [0.717, 1.165) is 33.4 Å². The van der Waals surface area contributed by atoms with Crippen molar-refractivity contribution in [2.24, 2.45) is 23.2 Å². The first-order chi connectivity index (χ1) is 9.60. The molecule has 5 rings (SSSR count). The second kappa shape index (κ2) is 4.84. The first kappa shape index (κ1) is 13.3. The SMILES string of the molecule is O=C(Cc1ccc(Cl)s1)CC12CC3CC(CC(C3)C1)C2. The number of thiophene rings is 1. The number of hydrogen-bond donors (Lipinski definition) is 0. The number of Topliss-reactive ketones (excluding diaryl/α,β-unsaturated/α-hetero) is 1. The molecule has 4 aliphatic rings. The molecule has 1 nitrogen and oxygen atoms in total. The van der Waals surface area contributed by atoms with Gasteiger partial charge < -0.3 is 0 Å². The molecule has 0 spiro atoms. The van der Waals surface area contributed by atoms with Crippen molar-refractivity contribution >= 4 is 28.7 Å². The molecular formula is C17H21ClOS. The third kappa shape index (κ3) is 2.46. The summed E-state index contributed by atoms with van der Waals surface area (Å²) < 4.78 is 0.794. The van der Waals surface area contributed by atoms with E-state index in [0.29, 0.717) is 17.6 Å². The molecule has 20 heavy (non-hydrogen) atoms. The first-order valence-corrected chi connectivity index (χ1v) is 9.06. The maximum absolute atomic E-state index is 12.5. The minimum atomic E-state index is 0.382. The van der Waals surface area contributed by atoms with E-state index in [1.54, 1.807) is 11.3 Å². The van der Waals surface area contributed by atoms with Gasteiger partial charge in [-0.25, -0.2) is 0 Å². The molecule has 0 N–H and O–H groups in total. The Balaban J connectivity index is 1.44. The van der Waals surface area contributed by atoms with Gasteiger partial charge in [0.2, 0.25) is 0 Å². The summed E-state index contributed by atoms with van der Waals surface area (Å²) in [5.41, 5.74) is 0.382. The number of halogens is 1. The Labute approximate surface area is 129 Å². The minimum absolute atomic E-state index is 0.382. The van der Waals surface area contributed by atoms with Crippen LogP contribution in [0.1, 0.15) is 49.8 Å². The normalized spacial score (nSPS) is 38.4. The van der Waals surface area contributed by atoms with Gasteiger partial charge in [-0.2, -0.15) is 0 Å². The van der Waals surface area contributed by atoms with Gasteiger partial charge in [0.1, 0.15) is 5.78 Å². The molecule has 4 saturated carbocycles. The molecule has 0 unspecified atom stereocenters. The highest BCUT2D eigenvalue weighted by molar-refractivity contribution is 7.16. The summed E-state index contributed by atoms with van der Waals surface area (Å²) in [5, 5.41) is 0.